The molecule has 2 aliphatic rings. The smallest absolute Gasteiger partial charge is 0.312 e. The summed E-state index contributed by atoms with van der Waals surface area (Å²) in [5.74, 6) is -3.48. The summed E-state index contributed by atoms with van der Waals surface area (Å²) in [5.41, 5.74) is 0.841. The largest absolute Gasteiger partial charge is 0.469 e. The Kier molecular flexibility index (Phi) is 7.85. The number of nitrogens with zero attached hydrogens (tertiary/aromatic N) is 2. The maximum atomic E-state index is 14.3. The third-order valence-corrected chi connectivity index (χ3v) is 7.45. The molecule has 35 heavy (non-hydrogen) atoms. The van der Waals surface area contributed by atoms with Crippen molar-refractivity contribution in [3.05, 3.63) is 66.2 Å². The number of carbonyl (C=O) groups excluding carboxylic acids is 2. The maximum Gasteiger partial charge on any atom is 0.312 e. The van der Waals surface area contributed by atoms with Gasteiger partial charge in [-0.3, -0.25) is 14.5 Å². The molecule has 0 bridgehead atoms. The predicted molar refractivity (Wildman–Crippen MR) is 131 cm³/mol. The van der Waals surface area contributed by atoms with Crippen molar-refractivity contribution in [3.8, 4) is 0 Å². The van der Waals surface area contributed by atoms with Crippen molar-refractivity contribution in [2.24, 2.45) is 5.41 Å². The molecule has 0 radical (unpaired) electrons. The van der Waals surface area contributed by atoms with Crippen LogP contribution in [-0.2, 0) is 20.9 Å². The van der Waals surface area contributed by atoms with Crippen molar-refractivity contribution in [1.82, 2.24) is 4.90 Å². The van der Waals surface area contributed by atoms with Gasteiger partial charge in [-0.2, -0.15) is 0 Å². The van der Waals surface area contributed by atoms with Crippen LogP contribution in [0.25, 0.3) is 0 Å². The van der Waals surface area contributed by atoms with Crippen molar-refractivity contribution in [2.45, 2.75) is 63.5 Å². The molecule has 7 heteroatoms. The lowest BCUT2D eigenvalue weighted by Gasteiger charge is -2.42. The summed E-state index contributed by atoms with van der Waals surface area (Å²) in [7, 11) is 1.35. The van der Waals surface area contributed by atoms with Crippen LogP contribution >= 0.6 is 0 Å². The van der Waals surface area contributed by atoms with Gasteiger partial charge < -0.3 is 9.64 Å². The standard InChI is InChI=1S/C28H34F2N2O3/c1-35-26(34)27(15-17-31(18-16-27)21-22-9-4-2-5-10-22)20-25(33)32(23-11-6-3-7-12-23)24-13-8-14-28(29,30)19-24/h2-7,9-12,24H,8,13-21H2,1H3. The first-order chi connectivity index (χ1) is 16.8. The van der Waals surface area contributed by atoms with Crippen molar-refractivity contribution >= 4 is 17.6 Å². The Morgan fingerprint density at radius 2 is 1.63 bits per heavy atom. The summed E-state index contributed by atoms with van der Waals surface area (Å²) in [5, 5.41) is 0. The van der Waals surface area contributed by atoms with E-state index in [2.05, 4.69) is 17.0 Å². The van der Waals surface area contributed by atoms with Gasteiger partial charge in [0.05, 0.1) is 12.5 Å². The number of amides is 1. The number of esters is 1. The minimum absolute atomic E-state index is 0.0458. The van der Waals surface area contributed by atoms with Crippen molar-refractivity contribution < 1.29 is 23.1 Å². The monoisotopic (exact) mass is 484 g/mol. The second kappa shape index (κ2) is 10.9. The lowest BCUT2D eigenvalue weighted by molar-refractivity contribution is -0.158. The summed E-state index contributed by atoms with van der Waals surface area (Å²) in [6, 6.07) is 18.5. The highest BCUT2D eigenvalue weighted by Gasteiger charge is 2.47. The van der Waals surface area contributed by atoms with Gasteiger partial charge in [-0.1, -0.05) is 48.5 Å². The molecular weight excluding hydrogens is 450 g/mol. The van der Waals surface area contributed by atoms with E-state index in [9.17, 15) is 18.4 Å². The Labute approximate surface area is 206 Å². The van der Waals surface area contributed by atoms with Crippen LogP contribution < -0.4 is 4.90 Å². The third kappa shape index (κ3) is 6.07. The van der Waals surface area contributed by atoms with Crippen LogP contribution in [0.15, 0.2) is 60.7 Å². The number of methoxy groups -OCH3 is 1. The van der Waals surface area contributed by atoms with E-state index < -0.39 is 23.3 Å². The first-order valence-electron chi connectivity index (χ1n) is 12.4. The van der Waals surface area contributed by atoms with Gasteiger partial charge in [0.25, 0.3) is 0 Å². The van der Waals surface area contributed by atoms with E-state index in [1.165, 1.54) is 17.6 Å². The number of likely N-dealkylation sites (tertiary alicyclic amines) is 1. The van der Waals surface area contributed by atoms with Gasteiger partial charge in [0.15, 0.2) is 0 Å². The van der Waals surface area contributed by atoms with Gasteiger partial charge >= 0.3 is 5.97 Å². The molecule has 1 amide bonds. The van der Waals surface area contributed by atoms with E-state index in [1.54, 1.807) is 24.3 Å². The summed E-state index contributed by atoms with van der Waals surface area (Å²) in [6.45, 7) is 2.09. The van der Waals surface area contributed by atoms with Crippen LogP contribution in [-0.4, -0.2) is 48.9 Å². The number of hydrogen-bond acceptors (Lipinski definition) is 4. The van der Waals surface area contributed by atoms with Crippen molar-refractivity contribution in [2.75, 3.05) is 25.1 Å². The molecule has 2 aromatic rings. The molecule has 1 saturated heterocycles. The molecule has 2 aromatic carbocycles. The number of rotatable bonds is 7. The van der Waals surface area contributed by atoms with Crippen molar-refractivity contribution in [3.63, 3.8) is 0 Å². The van der Waals surface area contributed by atoms with Gasteiger partial charge in [0, 0.05) is 37.5 Å². The number of anilines is 1. The minimum Gasteiger partial charge on any atom is -0.469 e. The fourth-order valence-electron chi connectivity index (χ4n) is 5.54. The highest BCUT2D eigenvalue weighted by Crippen LogP contribution is 2.41. The summed E-state index contributed by atoms with van der Waals surface area (Å²) < 4.78 is 33.8. The average molecular weight is 485 g/mol. The first kappa shape index (κ1) is 25.3. The Bertz CT molecular complexity index is 992. The zero-order valence-electron chi connectivity index (χ0n) is 20.3. The van der Waals surface area contributed by atoms with E-state index >= 15 is 0 Å². The number of carbonyl (C=O) groups is 2. The molecule has 1 aliphatic heterocycles. The minimum atomic E-state index is -2.79. The second-order valence-corrected chi connectivity index (χ2v) is 9.92. The first-order valence-corrected chi connectivity index (χ1v) is 12.4. The van der Waals surface area contributed by atoms with Gasteiger partial charge in [-0.05, 0) is 56.5 Å². The number of alkyl halides is 2. The Morgan fingerprint density at radius 1 is 1.00 bits per heavy atom. The second-order valence-electron chi connectivity index (χ2n) is 9.92. The molecule has 1 unspecified atom stereocenters. The molecule has 1 saturated carbocycles. The Balaban J connectivity index is 1.53. The van der Waals surface area contributed by atoms with E-state index in [-0.39, 0.29) is 25.2 Å². The number of halogens is 2. The van der Waals surface area contributed by atoms with Gasteiger partial charge in [0.2, 0.25) is 11.8 Å². The van der Waals surface area contributed by atoms with E-state index in [4.69, 9.17) is 4.74 Å². The normalized spacial score (nSPS) is 21.7. The van der Waals surface area contributed by atoms with Crippen LogP contribution in [0.5, 0.6) is 0 Å². The molecule has 1 aliphatic carbocycles. The molecule has 2 fully saturated rings. The quantitative estimate of drug-likeness (QED) is 0.491. The average Bonchev–Trinajstić information content (AvgIpc) is 2.86. The highest BCUT2D eigenvalue weighted by molar-refractivity contribution is 5.97. The van der Waals surface area contributed by atoms with E-state index in [0.717, 1.165) is 6.54 Å². The number of benzene rings is 2. The third-order valence-electron chi connectivity index (χ3n) is 7.45. The van der Waals surface area contributed by atoms with Crippen molar-refractivity contribution in [1.29, 1.82) is 0 Å². The summed E-state index contributed by atoms with van der Waals surface area (Å²) in [4.78, 5) is 30.6. The number of piperidine rings is 1. The molecule has 1 heterocycles. The summed E-state index contributed by atoms with van der Waals surface area (Å²) in [6.07, 6.45) is 1.31. The van der Waals surface area contributed by atoms with Crippen LogP contribution in [0, 0.1) is 5.41 Å². The zero-order chi connectivity index (χ0) is 24.9. The van der Waals surface area contributed by atoms with Gasteiger partial charge in [0.1, 0.15) is 0 Å². The van der Waals surface area contributed by atoms with Crippen LogP contribution in [0.3, 0.4) is 0 Å². The Hall–Kier alpha value is -2.80. The lowest BCUT2D eigenvalue weighted by Crippen LogP contribution is -2.51. The molecule has 1 atom stereocenters. The predicted octanol–water partition coefficient (Wildman–Crippen LogP) is 5.44. The SMILES string of the molecule is COC(=O)C1(CC(=O)N(c2ccccc2)C2CCCC(F)(F)C2)CCN(Cc2ccccc2)CC1. The number of hydrogen-bond donors (Lipinski definition) is 0. The molecule has 5 nitrogen and oxygen atoms in total. The zero-order valence-corrected chi connectivity index (χ0v) is 20.3. The lowest BCUT2D eigenvalue weighted by atomic mass is 9.74. The summed E-state index contributed by atoms with van der Waals surface area (Å²) >= 11 is 0. The molecule has 0 aromatic heterocycles. The van der Waals surface area contributed by atoms with E-state index in [1.807, 2.05) is 24.3 Å². The molecule has 188 valence electrons. The maximum absolute atomic E-state index is 14.3. The molecule has 0 spiro atoms. The van der Waals surface area contributed by atoms with Crippen LogP contribution in [0.4, 0.5) is 14.5 Å². The van der Waals surface area contributed by atoms with Gasteiger partial charge in [-0.25, -0.2) is 8.78 Å². The fraction of sp³-hybridized carbons (Fsp3) is 0.500. The Morgan fingerprint density at radius 3 is 2.23 bits per heavy atom. The fourth-order valence-corrected chi connectivity index (χ4v) is 5.54. The number of para-hydroxylation sites is 1. The number of ether oxygens (including phenoxy) is 1. The molecular formula is C28H34F2N2O3. The van der Waals surface area contributed by atoms with Gasteiger partial charge in [-0.15, -0.1) is 0 Å². The van der Waals surface area contributed by atoms with Crippen LogP contribution in [0.1, 0.15) is 50.5 Å². The van der Waals surface area contributed by atoms with E-state index in [0.29, 0.717) is 44.5 Å². The topological polar surface area (TPSA) is 49.9 Å². The molecule has 4 rings (SSSR count). The highest BCUT2D eigenvalue weighted by atomic mass is 19.3. The molecule has 0 N–H and O–H groups in total. The van der Waals surface area contributed by atoms with Crippen LogP contribution in [0.2, 0.25) is 0 Å².